The van der Waals surface area contributed by atoms with Crippen LogP contribution in [0.5, 0.6) is 0 Å². The summed E-state index contributed by atoms with van der Waals surface area (Å²) in [6.07, 6.45) is 1.33. The Hall–Kier alpha value is -2.91. The van der Waals surface area contributed by atoms with Gasteiger partial charge in [0, 0.05) is 6.07 Å². The number of ether oxygens (including phenoxy) is 1. The molecule has 28 heavy (non-hydrogen) atoms. The lowest BCUT2D eigenvalue weighted by Gasteiger charge is -2.23. The van der Waals surface area contributed by atoms with Gasteiger partial charge in [-0.3, -0.25) is 14.4 Å². The number of halogens is 1. The van der Waals surface area contributed by atoms with E-state index < -0.39 is 31.5 Å². The Bertz CT molecular complexity index is 1020. The highest BCUT2D eigenvalue weighted by atomic mass is 35.5. The highest BCUT2D eigenvalue weighted by Gasteiger charge is 2.31. The summed E-state index contributed by atoms with van der Waals surface area (Å²) in [4.78, 5) is 21.9. The molecule has 0 aliphatic rings. The van der Waals surface area contributed by atoms with Crippen LogP contribution in [0.1, 0.15) is 17.3 Å². The second-order valence-electron chi connectivity index (χ2n) is 5.43. The van der Waals surface area contributed by atoms with E-state index in [1.165, 1.54) is 36.4 Å². The van der Waals surface area contributed by atoms with Crippen LogP contribution in [0.3, 0.4) is 0 Å². The third kappa shape index (κ3) is 4.32. The molecule has 2 rings (SSSR count). The topological polar surface area (TPSA) is 107 Å². The van der Waals surface area contributed by atoms with Gasteiger partial charge in [0.1, 0.15) is 0 Å². The second kappa shape index (κ2) is 8.85. The van der Waals surface area contributed by atoms with Gasteiger partial charge in [0.05, 0.1) is 34.3 Å². The summed E-state index contributed by atoms with van der Waals surface area (Å²) in [7, 11) is -4.31. The maximum atomic E-state index is 13.1. The molecular formula is C18H17ClN2O6S. The van der Waals surface area contributed by atoms with E-state index in [0.29, 0.717) is 0 Å². The number of nitro groups is 1. The normalized spacial score (nSPS) is 10.9. The first-order valence-electron chi connectivity index (χ1n) is 8.07. The lowest BCUT2D eigenvalue weighted by molar-refractivity contribution is -0.387. The van der Waals surface area contributed by atoms with Gasteiger partial charge in [0.2, 0.25) is 0 Å². The van der Waals surface area contributed by atoms with E-state index >= 15 is 0 Å². The van der Waals surface area contributed by atoms with E-state index in [1.807, 2.05) is 0 Å². The molecule has 0 amide bonds. The maximum absolute atomic E-state index is 13.1. The number of hydrogen-bond acceptors (Lipinski definition) is 6. The van der Waals surface area contributed by atoms with Crippen LogP contribution in [0.4, 0.5) is 11.4 Å². The predicted molar refractivity (Wildman–Crippen MR) is 105 cm³/mol. The summed E-state index contributed by atoms with van der Waals surface area (Å²) < 4.78 is 32.0. The van der Waals surface area contributed by atoms with Crippen molar-refractivity contribution >= 4 is 39.0 Å². The average molecular weight is 425 g/mol. The Balaban J connectivity index is 2.57. The molecule has 0 N–H and O–H groups in total. The van der Waals surface area contributed by atoms with Gasteiger partial charge in [0.25, 0.3) is 15.7 Å². The van der Waals surface area contributed by atoms with Crippen molar-refractivity contribution in [2.75, 3.05) is 17.5 Å². The number of rotatable bonds is 8. The number of benzene rings is 2. The Morgan fingerprint density at radius 2 is 2.00 bits per heavy atom. The molecule has 8 nitrogen and oxygen atoms in total. The van der Waals surface area contributed by atoms with Crippen molar-refractivity contribution in [2.45, 2.75) is 11.8 Å². The van der Waals surface area contributed by atoms with Gasteiger partial charge >= 0.3 is 5.97 Å². The first-order chi connectivity index (χ1) is 13.2. The molecule has 0 spiro atoms. The summed E-state index contributed by atoms with van der Waals surface area (Å²) in [5, 5.41) is 11.2. The van der Waals surface area contributed by atoms with Crippen LogP contribution in [-0.2, 0) is 14.8 Å². The number of hydrogen-bond donors (Lipinski definition) is 0. The zero-order valence-corrected chi connectivity index (χ0v) is 16.4. The molecule has 2 aromatic carbocycles. The fraction of sp³-hybridized carbons (Fsp3) is 0.167. The van der Waals surface area contributed by atoms with Crippen LogP contribution in [0.2, 0.25) is 5.02 Å². The first kappa shape index (κ1) is 21.4. The van der Waals surface area contributed by atoms with Gasteiger partial charge in [-0.1, -0.05) is 29.8 Å². The average Bonchev–Trinajstić information content (AvgIpc) is 2.66. The zero-order chi connectivity index (χ0) is 20.9. The van der Waals surface area contributed by atoms with Gasteiger partial charge in [-0.05, 0) is 31.2 Å². The molecule has 0 bridgehead atoms. The third-order valence-corrected chi connectivity index (χ3v) is 5.81. The van der Waals surface area contributed by atoms with Crippen molar-refractivity contribution < 1.29 is 22.9 Å². The molecule has 0 aliphatic heterocycles. The molecule has 0 fully saturated rings. The van der Waals surface area contributed by atoms with Crippen molar-refractivity contribution in [3.05, 3.63) is 75.8 Å². The van der Waals surface area contributed by atoms with E-state index in [4.69, 9.17) is 16.3 Å². The SMILES string of the molecule is C=CCN(c1ccc(C(=O)OCC)c(Cl)c1)S(=O)(=O)c1ccccc1[N+](=O)[O-]. The minimum absolute atomic E-state index is 0.0113. The minimum atomic E-state index is -4.31. The Kier molecular flexibility index (Phi) is 6.76. The van der Waals surface area contributed by atoms with Crippen LogP contribution in [0.25, 0.3) is 0 Å². The first-order valence-corrected chi connectivity index (χ1v) is 9.89. The van der Waals surface area contributed by atoms with Crippen LogP contribution in [0, 0.1) is 10.1 Å². The molecule has 148 valence electrons. The number of sulfonamides is 1. The third-order valence-electron chi connectivity index (χ3n) is 3.66. The molecule has 0 aromatic heterocycles. The van der Waals surface area contributed by atoms with E-state index in [-0.39, 0.29) is 29.4 Å². The fourth-order valence-electron chi connectivity index (χ4n) is 2.44. The van der Waals surface area contributed by atoms with Crippen molar-refractivity contribution in [2.24, 2.45) is 0 Å². The van der Waals surface area contributed by atoms with Gasteiger partial charge in [-0.25, -0.2) is 13.2 Å². The van der Waals surface area contributed by atoms with Crippen molar-refractivity contribution in [3.63, 3.8) is 0 Å². The number of nitrogens with zero attached hydrogens (tertiary/aromatic N) is 2. The molecule has 0 heterocycles. The molecule has 0 saturated heterocycles. The number of carbonyl (C=O) groups excluding carboxylic acids is 1. The molecule has 0 aliphatic carbocycles. The van der Waals surface area contributed by atoms with Crippen molar-refractivity contribution in [1.29, 1.82) is 0 Å². The largest absolute Gasteiger partial charge is 0.462 e. The van der Waals surface area contributed by atoms with Gasteiger partial charge in [0.15, 0.2) is 4.90 Å². The summed E-state index contributed by atoms with van der Waals surface area (Å²) in [5.74, 6) is -0.643. The monoisotopic (exact) mass is 424 g/mol. The molecular weight excluding hydrogens is 408 g/mol. The number of esters is 1. The van der Waals surface area contributed by atoms with E-state index in [0.717, 1.165) is 16.4 Å². The molecule has 10 heteroatoms. The number of nitro benzene ring substituents is 1. The van der Waals surface area contributed by atoms with Crippen LogP contribution in [0.15, 0.2) is 60.0 Å². The molecule has 0 radical (unpaired) electrons. The Labute approximate surface area is 167 Å². The highest BCUT2D eigenvalue weighted by molar-refractivity contribution is 7.93. The minimum Gasteiger partial charge on any atom is -0.462 e. The van der Waals surface area contributed by atoms with E-state index in [1.54, 1.807) is 6.92 Å². The smallest absolute Gasteiger partial charge is 0.339 e. The van der Waals surface area contributed by atoms with Gasteiger partial charge in [-0.15, -0.1) is 6.58 Å². The standard InChI is InChI=1S/C18H17ClN2O6S/c1-3-11-20(13-9-10-14(15(19)12-13)18(22)27-4-2)28(25,26)17-8-6-5-7-16(17)21(23)24/h3,5-10,12H,1,4,11H2,2H3. The fourth-order valence-corrected chi connectivity index (χ4v) is 4.28. The Morgan fingerprint density at radius 1 is 1.32 bits per heavy atom. The van der Waals surface area contributed by atoms with E-state index in [2.05, 4.69) is 6.58 Å². The predicted octanol–water partition coefficient (Wildman–Crippen LogP) is 3.81. The number of anilines is 1. The van der Waals surface area contributed by atoms with Crippen LogP contribution < -0.4 is 4.31 Å². The van der Waals surface area contributed by atoms with Crippen molar-refractivity contribution in [1.82, 2.24) is 0 Å². The highest BCUT2D eigenvalue weighted by Crippen LogP contribution is 2.32. The van der Waals surface area contributed by atoms with E-state index in [9.17, 15) is 23.3 Å². The second-order valence-corrected chi connectivity index (χ2v) is 7.67. The Morgan fingerprint density at radius 3 is 2.57 bits per heavy atom. The summed E-state index contributed by atoms with van der Waals surface area (Å²) in [5.41, 5.74) is -0.351. The zero-order valence-electron chi connectivity index (χ0n) is 14.9. The lowest BCUT2D eigenvalue weighted by Crippen LogP contribution is -2.31. The van der Waals surface area contributed by atoms with Crippen LogP contribution in [-0.4, -0.2) is 32.5 Å². The van der Waals surface area contributed by atoms with Gasteiger partial charge in [-0.2, -0.15) is 0 Å². The van der Waals surface area contributed by atoms with Crippen molar-refractivity contribution in [3.8, 4) is 0 Å². The molecule has 2 aromatic rings. The molecule has 0 unspecified atom stereocenters. The maximum Gasteiger partial charge on any atom is 0.339 e. The number of para-hydroxylation sites is 1. The summed E-state index contributed by atoms with van der Waals surface area (Å²) >= 11 is 6.13. The summed E-state index contributed by atoms with van der Waals surface area (Å²) in [6.45, 7) is 5.18. The lowest BCUT2D eigenvalue weighted by atomic mass is 10.2. The molecule has 0 saturated carbocycles. The molecule has 0 atom stereocenters. The number of carbonyl (C=O) groups is 1. The summed E-state index contributed by atoms with van der Waals surface area (Å²) in [6, 6.07) is 9.01. The quantitative estimate of drug-likeness (QED) is 0.276. The van der Waals surface area contributed by atoms with Gasteiger partial charge < -0.3 is 4.74 Å². The van der Waals surface area contributed by atoms with Crippen LogP contribution >= 0.6 is 11.6 Å².